The fraction of sp³-hybridized carbons (Fsp3) is 0.333. The number of rotatable bonds is 5. The highest BCUT2D eigenvalue weighted by Crippen LogP contribution is 2.37. The molecule has 1 aliphatic rings. The molecule has 0 aromatic heterocycles. The van der Waals surface area contributed by atoms with E-state index in [9.17, 15) is 9.59 Å². The average Bonchev–Trinajstić information content (AvgIpc) is 2.64. The van der Waals surface area contributed by atoms with Crippen molar-refractivity contribution in [1.29, 1.82) is 0 Å². The standard InChI is InChI=1S/C21H23ClN2O2/c22-18-8-10-19(11-9-18)24-20(25)12-14-4-6-15(7-5-14)16-2-1-3-17(13-16)21(23)26/h1-3,8-11,13-15H,4-7,12H2,(H2,23,26)(H,24,25)/t14-,15-. The minimum absolute atomic E-state index is 0.0477. The number of primary amides is 1. The van der Waals surface area contributed by atoms with Crippen LogP contribution in [0.2, 0.25) is 5.02 Å². The highest BCUT2D eigenvalue weighted by atomic mass is 35.5. The maximum atomic E-state index is 12.2. The van der Waals surface area contributed by atoms with Crippen LogP contribution < -0.4 is 11.1 Å². The Hall–Kier alpha value is -2.33. The zero-order valence-corrected chi connectivity index (χ0v) is 15.3. The van der Waals surface area contributed by atoms with Gasteiger partial charge in [-0.25, -0.2) is 0 Å². The van der Waals surface area contributed by atoms with Crippen molar-refractivity contribution >= 4 is 29.1 Å². The van der Waals surface area contributed by atoms with Gasteiger partial charge in [-0.1, -0.05) is 23.7 Å². The van der Waals surface area contributed by atoms with E-state index in [0.29, 0.717) is 28.8 Å². The van der Waals surface area contributed by atoms with Gasteiger partial charge in [0.15, 0.2) is 0 Å². The Morgan fingerprint density at radius 1 is 1.04 bits per heavy atom. The summed E-state index contributed by atoms with van der Waals surface area (Å²) in [5.41, 5.74) is 7.88. The molecule has 3 N–H and O–H groups in total. The van der Waals surface area contributed by atoms with Gasteiger partial charge < -0.3 is 11.1 Å². The molecule has 136 valence electrons. The lowest BCUT2D eigenvalue weighted by Gasteiger charge is -2.28. The number of hydrogen-bond acceptors (Lipinski definition) is 2. The van der Waals surface area contributed by atoms with Gasteiger partial charge in [-0.3, -0.25) is 9.59 Å². The molecule has 2 aromatic carbocycles. The van der Waals surface area contributed by atoms with Gasteiger partial charge in [0.1, 0.15) is 0 Å². The van der Waals surface area contributed by atoms with E-state index in [-0.39, 0.29) is 11.8 Å². The Kier molecular flexibility index (Phi) is 5.94. The first-order chi connectivity index (χ1) is 12.5. The van der Waals surface area contributed by atoms with Crippen molar-refractivity contribution < 1.29 is 9.59 Å². The number of nitrogens with one attached hydrogen (secondary N) is 1. The van der Waals surface area contributed by atoms with Gasteiger partial charge in [0.05, 0.1) is 0 Å². The molecule has 0 saturated heterocycles. The molecule has 0 bridgehead atoms. The van der Waals surface area contributed by atoms with E-state index in [1.165, 1.54) is 5.56 Å². The molecular weight excluding hydrogens is 348 g/mol. The maximum absolute atomic E-state index is 12.2. The highest BCUT2D eigenvalue weighted by Gasteiger charge is 2.24. The summed E-state index contributed by atoms with van der Waals surface area (Å²) in [6, 6.07) is 14.8. The lowest BCUT2D eigenvalue weighted by molar-refractivity contribution is -0.117. The number of carbonyl (C=O) groups is 2. The summed E-state index contributed by atoms with van der Waals surface area (Å²) in [5.74, 6) is 0.494. The molecule has 0 heterocycles. The molecule has 1 saturated carbocycles. The third kappa shape index (κ3) is 4.85. The first-order valence-corrected chi connectivity index (χ1v) is 9.34. The van der Waals surface area contributed by atoms with Gasteiger partial charge in [-0.15, -0.1) is 0 Å². The molecular formula is C21H23ClN2O2. The van der Waals surface area contributed by atoms with Crippen LogP contribution in [-0.4, -0.2) is 11.8 Å². The van der Waals surface area contributed by atoms with Crippen molar-refractivity contribution in [2.45, 2.75) is 38.0 Å². The fourth-order valence-corrected chi connectivity index (χ4v) is 3.78. The van der Waals surface area contributed by atoms with Crippen molar-refractivity contribution in [3.63, 3.8) is 0 Å². The lowest BCUT2D eigenvalue weighted by atomic mass is 9.77. The molecule has 3 rings (SSSR count). The van der Waals surface area contributed by atoms with Crippen LogP contribution in [0, 0.1) is 5.92 Å². The number of carbonyl (C=O) groups excluding carboxylic acids is 2. The van der Waals surface area contributed by atoms with Crippen LogP contribution in [0.4, 0.5) is 5.69 Å². The summed E-state index contributed by atoms with van der Waals surface area (Å²) >= 11 is 5.86. The number of hydrogen-bond donors (Lipinski definition) is 2. The second-order valence-corrected chi connectivity index (χ2v) is 7.40. The normalized spacial score (nSPS) is 19.7. The summed E-state index contributed by atoms with van der Waals surface area (Å²) in [5, 5.41) is 3.58. The van der Waals surface area contributed by atoms with E-state index < -0.39 is 0 Å². The van der Waals surface area contributed by atoms with Crippen LogP contribution >= 0.6 is 11.6 Å². The van der Waals surface area contributed by atoms with Gasteiger partial charge in [0.2, 0.25) is 11.8 Å². The number of benzene rings is 2. The molecule has 0 radical (unpaired) electrons. The van der Waals surface area contributed by atoms with E-state index in [0.717, 1.165) is 31.4 Å². The van der Waals surface area contributed by atoms with Crippen molar-refractivity contribution in [3.05, 3.63) is 64.7 Å². The first kappa shape index (κ1) is 18.5. The lowest BCUT2D eigenvalue weighted by Crippen LogP contribution is -2.20. The molecule has 0 spiro atoms. The van der Waals surface area contributed by atoms with E-state index in [1.54, 1.807) is 18.2 Å². The van der Waals surface area contributed by atoms with Crippen LogP contribution in [-0.2, 0) is 4.79 Å². The number of amides is 2. The molecule has 4 nitrogen and oxygen atoms in total. The molecule has 2 aromatic rings. The number of halogens is 1. The van der Waals surface area contributed by atoms with E-state index >= 15 is 0 Å². The minimum Gasteiger partial charge on any atom is -0.366 e. The van der Waals surface area contributed by atoms with Crippen molar-refractivity contribution in [3.8, 4) is 0 Å². The average molecular weight is 371 g/mol. The summed E-state index contributed by atoms with van der Waals surface area (Å²) in [7, 11) is 0. The zero-order valence-electron chi connectivity index (χ0n) is 14.6. The van der Waals surface area contributed by atoms with Crippen LogP contribution in [0.5, 0.6) is 0 Å². The van der Waals surface area contributed by atoms with Crippen molar-refractivity contribution in [1.82, 2.24) is 0 Å². The second-order valence-electron chi connectivity index (χ2n) is 6.97. The summed E-state index contributed by atoms with van der Waals surface area (Å²) in [6.07, 6.45) is 4.62. The van der Waals surface area contributed by atoms with Crippen molar-refractivity contribution in [2.75, 3.05) is 5.32 Å². The number of nitrogens with two attached hydrogens (primary N) is 1. The predicted molar refractivity (Wildman–Crippen MR) is 104 cm³/mol. The van der Waals surface area contributed by atoms with Crippen LogP contribution in [0.15, 0.2) is 48.5 Å². The third-order valence-corrected chi connectivity index (χ3v) is 5.34. The molecule has 5 heteroatoms. The van der Waals surface area contributed by atoms with Gasteiger partial charge in [-0.2, -0.15) is 0 Å². The molecule has 2 amide bonds. The zero-order chi connectivity index (χ0) is 18.5. The van der Waals surface area contributed by atoms with Gasteiger partial charge in [0, 0.05) is 22.7 Å². The molecule has 0 aliphatic heterocycles. The summed E-state index contributed by atoms with van der Waals surface area (Å²) in [4.78, 5) is 23.6. The number of anilines is 1. The Labute approximate surface area is 158 Å². The maximum Gasteiger partial charge on any atom is 0.248 e. The van der Waals surface area contributed by atoms with Crippen LogP contribution in [0.1, 0.15) is 53.9 Å². The van der Waals surface area contributed by atoms with Crippen LogP contribution in [0.3, 0.4) is 0 Å². The Balaban J connectivity index is 1.50. The van der Waals surface area contributed by atoms with Crippen LogP contribution in [0.25, 0.3) is 0 Å². The second kappa shape index (κ2) is 8.37. The highest BCUT2D eigenvalue weighted by molar-refractivity contribution is 6.30. The summed E-state index contributed by atoms with van der Waals surface area (Å²) in [6.45, 7) is 0. The Morgan fingerprint density at radius 3 is 2.38 bits per heavy atom. The van der Waals surface area contributed by atoms with E-state index in [4.69, 9.17) is 17.3 Å². The third-order valence-electron chi connectivity index (χ3n) is 5.09. The predicted octanol–water partition coefficient (Wildman–Crippen LogP) is 4.74. The molecule has 1 fully saturated rings. The van der Waals surface area contributed by atoms with E-state index in [2.05, 4.69) is 11.4 Å². The topological polar surface area (TPSA) is 72.2 Å². The fourth-order valence-electron chi connectivity index (χ4n) is 3.65. The largest absolute Gasteiger partial charge is 0.366 e. The van der Waals surface area contributed by atoms with E-state index in [1.807, 2.05) is 24.3 Å². The van der Waals surface area contributed by atoms with Gasteiger partial charge in [-0.05, 0) is 79.5 Å². The molecule has 26 heavy (non-hydrogen) atoms. The minimum atomic E-state index is -0.389. The molecule has 0 atom stereocenters. The van der Waals surface area contributed by atoms with Gasteiger partial charge in [0.25, 0.3) is 0 Å². The Bertz CT molecular complexity index is 781. The van der Waals surface area contributed by atoms with Gasteiger partial charge >= 0.3 is 0 Å². The SMILES string of the molecule is NC(=O)c1cccc([C@H]2CC[C@H](CC(=O)Nc3ccc(Cl)cc3)CC2)c1. The Morgan fingerprint density at radius 2 is 1.73 bits per heavy atom. The van der Waals surface area contributed by atoms with Crippen molar-refractivity contribution in [2.24, 2.45) is 11.7 Å². The first-order valence-electron chi connectivity index (χ1n) is 8.96. The molecule has 1 aliphatic carbocycles. The smallest absolute Gasteiger partial charge is 0.248 e. The monoisotopic (exact) mass is 370 g/mol. The molecule has 0 unspecified atom stereocenters. The summed E-state index contributed by atoms with van der Waals surface area (Å²) < 4.78 is 0. The quantitative estimate of drug-likeness (QED) is 0.797.